The van der Waals surface area contributed by atoms with E-state index in [1.54, 1.807) is 31.2 Å². The van der Waals surface area contributed by atoms with Crippen LogP contribution in [0.25, 0.3) is 11.3 Å². The lowest BCUT2D eigenvalue weighted by Crippen LogP contribution is -2.13. The van der Waals surface area contributed by atoms with E-state index < -0.39 is 10.0 Å². The highest BCUT2D eigenvalue weighted by Gasteiger charge is 2.13. The molecule has 1 aromatic carbocycles. The maximum Gasteiger partial charge on any atom is 0.238 e. The molecule has 0 aliphatic rings. The minimum Gasteiger partial charge on any atom is -0.464 e. The van der Waals surface area contributed by atoms with E-state index >= 15 is 0 Å². The Kier molecular flexibility index (Phi) is 2.57. The second-order valence-electron chi connectivity index (χ2n) is 3.50. The summed E-state index contributed by atoms with van der Waals surface area (Å²) in [6.07, 6.45) is 1.53. The fourth-order valence-corrected chi connectivity index (χ4v) is 2.31. The Labute approximate surface area is 93.7 Å². The molecule has 5 heteroatoms. The van der Waals surface area contributed by atoms with E-state index in [1.807, 2.05) is 0 Å². The normalized spacial score (nSPS) is 11.6. The van der Waals surface area contributed by atoms with Crippen LogP contribution in [0.15, 0.2) is 45.9 Å². The van der Waals surface area contributed by atoms with Crippen LogP contribution in [-0.2, 0) is 10.0 Å². The zero-order chi connectivity index (χ0) is 11.8. The molecule has 0 aliphatic heterocycles. The van der Waals surface area contributed by atoms with Crippen LogP contribution in [0.5, 0.6) is 0 Å². The van der Waals surface area contributed by atoms with Gasteiger partial charge in [0.25, 0.3) is 0 Å². The van der Waals surface area contributed by atoms with Gasteiger partial charge in [0.05, 0.1) is 11.2 Å². The van der Waals surface area contributed by atoms with Crippen molar-refractivity contribution < 1.29 is 12.8 Å². The highest BCUT2D eigenvalue weighted by Crippen LogP contribution is 2.24. The van der Waals surface area contributed by atoms with E-state index in [0.29, 0.717) is 16.9 Å². The second-order valence-corrected chi connectivity index (χ2v) is 5.03. The van der Waals surface area contributed by atoms with Crippen molar-refractivity contribution in [2.75, 3.05) is 0 Å². The van der Waals surface area contributed by atoms with Crippen LogP contribution in [0, 0.1) is 6.92 Å². The van der Waals surface area contributed by atoms with Gasteiger partial charge < -0.3 is 4.42 Å². The monoisotopic (exact) mass is 237 g/mol. The summed E-state index contributed by atoms with van der Waals surface area (Å²) in [4.78, 5) is 0.126. The van der Waals surface area contributed by atoms with Crippen LogP contribution in [0.4, 0.5) is 0 Å². The molecular weight excluding hydrogens is 226 g/mol. The Balaban J connectivity index is 2.61. The molecule has 0 saturated heterocycles. The minimum absolute atomic E-state index is 0.126. The van der Waals surface area contributed by atoms with E-state index in [4.69, 9.17) is 9.56 Å². The van der Waals surface area contributed by atoms with Crippen molar-refractivity contribution in [1.82, 2.24) is 0 Å². The van der Waals surface area contributed by atoms with Gasteiger partial charge in [-0.3, -0.25) is 0 Å². The molecule has 16 heavy (non-hydrogen) atoms. The Morgan fingerprint density at radius 3 is 2.56 bits per heavy atom. The summed E-state index contributed by atoms with van der Waals surface area (Å²) in [6, 6.07) is 8.52. The molecule has 84 valence electrons. The van der Waals surface area contributed by atoms with Crippen LogP contribution in [0.3, 0.4) is 0 Å². The summed E-state index contributed by atoms with van der Waals surface area (Å²) in [6.45, 7) is 1.70. The number of hydrogen-bond donors (Lipinski definition) is 1. The summed E-state index contributed by atoms with van der Waals surface area (Å²) in [5.74, 6) is 0.616. The number of hydrogen-bond acceptors (Lipinski definition) is 3. The molecule has 0 atom stereocenters. The lowest BCUT2D eigenvalue weighted by atomic mass is 10.1. The van der Waals surface area contributed by atoms with Crippen molar-refractivity contribution in [3.8, 4) is 11.3 Å². The highest BCUT2D eigenvalue weighted by atomic mass is 32.2. The van der Waals surface area contributed by atoms with Gasteiger partial charge in [-0.1, -0.05) is 12.1 Å². The molecule has 2 N–H and O–H groups in total. The summed E-state index contributed by atoms with van der Waals surface area (Å²) in [5, 5.41) is 5.12. The maximum atomic E-state index is 11.3. The molecule has 2 rings (SSSR count). The van der Waals surface area contributed by atoms with Crippen molar-refractivity contribution in [2.45, 2.75) is 11.8 Å². The third-order valence-electron chi connectivity index (χ3n) is 2.30. The summed E-state index contributed by atoms with van der Waals surface area (Å²) in [7, 11) is -3.69. The van der Waals surface area contributed by atoms with Crippen LogP contribution in [0.2, 0.25) is 0 Å². The van der Waals surface area contributed by atoms with Crippen LogP contribution >= 0.6 is 0 Å². The number of primary sulfonamides is 1. The number of sulfonamides is 1. The molecule has 2 aromatic rings. The third-order valence-corrected chi connectivity index (χ3v) is 3.35. The average molecular weight is 237 g/mol. The number of aryl methyl sites for hydroxylation is 1. The molecule has 4 nitrogen and oxygen atoms in total. The summed E-state index contributed by atoms with van der Waals surface area (Å²) < 4.78 is 27.8. The molecule has 0 unspecified atom stereocenters. The van der Waals surface area contributed by atoms with Gasteiger partial charge >= 0.3 is 0 Å². The Bertz CT molecular complexity index is 600. The van der Waals surface area contributed by atoms with Gasteiger partial charge in [-0.2, -0.15) is 0 Å². The SMILES string of the molecule is Cc1ccc(-c2ccco2)cc1S(N)(=O)=O. The first-order valence-corrected chi connectivity index (χ1v) is 6.20. The van der Waals surface area contributed by atoms with Crippen molar-refractivity contribution in [3.05, 3.63) is 42.2 Å². The molecule has 1 aromatic heterocycles. The first-order valence-electron chi connectivity index (χ1n) is 4.66. The Morgan fingerprint density at radius 1 is 1.25 bits per heavy atom. The van der Waals surface area contributed by atoms with E-state index in [9.17, 15) is 8.42 Å². The minimum atomic E-state index is -3.69. The van der Waals surface area contributed by atoms with Gasteiger partial charge in [-0.15, -0.1) is 0 Å². The lowest BCUT2D eigenvalue weighted by Gasteiger charge is -2.05. The number of rotatable bonds is 2. The number of nitrogens with two attached hydrogens (primary N) is 1. The molecule has 0 aliphatic carbocycles. The van der Waals surface area contributed by atoms with E-state index in [-0.39, 0.29) is 4.90 Å². The molecule has 0 saturated carbocycles. The fraction of sp³-hybridized carbons (Fsp3) is 0.0909. The molecule has 1 heterocycles. The molecule has 0 spiro atoms. The van der Waals surface area contributed by atoms with E-state index in [0.717, 1.165) is 0 Å². The molecule has 0 bridgehead atoms. The lowest BCUT2D eigenvalue weighted by molar-refractivity contribution is 0.582. The predicted molar refractivity (Wildman–Crippen MR) is 60.3 cm³/mol. The predicted octanol–water partition coefficient (Wildman–Crippen LogP) is 1.90. The van der Waals surface area contributed by atoms with E-state index in [1.165, 1.54) is 12.3 Å². The van der Waals surface area contributed by atoms with Crippen LogP contribution in [-0.4, -0.2) is 8.42 Å². The fourth-order valence-electron chi connectivity index (χ4n) is 1.50. The van der Waals surface area contributed by atoms with Gasteiger partial charge in [0.2, 0.25) is 10.0 Å². The largest absolute Gasteiger partial charge is 0.464 e. The van der Waals surface area contributed by atoms with Crippen molar-refractivity contribution >= 4 is 10.0 Å². The number of furan rings is 1. The summed E-state index contributed by atoms with van der Waals surface area (Å²) >= 11 is 0. The van der Waals surface area contributed by atoms with Crippen molar-refractivity contribution in [3.63, 3.8) is 0 Å². The van der Waals surface area contributed by atoms with Crippen molar-refractivity contribution in [2.24, 2.45) is 5.14 Å². The van der Waals surface area contributed by atoms with Crippen molar-refractivity contribution in [1.29, 1.82) is 0 Å². The number of benzene rings is 1. The van der Waals surface area contributed by atoms with Gasteiger partial charge in [-0.25, -0.2) is 13.6 Å². The Hall–Kier alpha value is -1.59. The van der Waals surface area contributed by atoms with Gasteiger partial charge in [-0.05, 0) is 30.7 Å². The average Bonchev–Trinajstić information content (AvgIpc) is 2.69. The quantitative estimate of drug-likeness (QED) is 0.866. The molecular formula is C11H11NO3S. The zero-order valence-corrected chi connectivity index (χ0v) is 9.49. The maximum absolute atomic E-state index is 11.3. The molecule has 0 amide bonds. The second kappa shape index (κ2) is 3.77. The van der Waals surface area contributed by atoms with Crippen LogP contribution < -0.4 is 5.14 Å². The highest BCUT2D eigenvalue weighted by molar-refractivity contribution is 7.89. The van der Waals surface area contributed by atoms with Gasteiger partial charge in [0, 0.05) is 5.56 Å². The van der Waals surface area contributed by atoms with Crippen LogP contribution in [0.1, 0.15) is 5.56 Å². The van der Waals surface area contributed by atoms with Gasteiger partial charge in [0.15, 0.2) is 0 Å². The van der Waals surface area contributed by atoms with E-state index in [2.05, 4.69) is 0 Å². The Morgan fingerprint density at radius 2 is 2.00 bits per heavy atom. The molecule has 0 radical (unpaired) electrons. The van der Waals surface area contributed by atoms with Gasteiger partial charge in [0.1, 0.15) is 5.76 Å². The third kappa shape index (κ3) is 2.00. The zero-order valence-electron chi connectivity index (χ0n) is 8.67. The topological polar surface area (TPSA) is 73.3 Å². The molecule has 0 fully saturated rings. The standard InChI is InChI=1S/C11H11NO3S/c1-8-4-5-9(10-3-2-6-15-10)7-11(8)16(12,13)14/h2-7H,1H3,(H2,12,13,14). The summed E-state index contributed by atoms with van der Waals surface area (Å²) in [5.41, 5.74) is 1.32. The first kappa shape index (κ1) is 10.9. The first-order chi connectivity index (χ1) is 7.48. The smallest absolute Gasteiger partial charge is 0.238 e.